The summed E-state index contributed by atoms with van der Waals surface area (Å²) in [6, 6.07) is 0. The van der Waals surface area contributed by atoms with Crippen LogP contribution in [-0.2, 0) is 9.53 Å². The van der Waals surface area contributed by atoms with Gasteiger partial charge in [-0.15, -0.1) is 13.2 Å². The lowest BCUT2D eigenvalue weighted by Crippen LogP contribution is -2.07. The molecule has 0 aliphatic rings. The summed E-state index contributed by atoms with van der Waals surface area (Å²) >= 11 is 0. The van der Waals surface area contributed by atoms with E-state index in [1.54, 1.807) is 12.2 Å². The van der Waals surface area contributed by atoms with Gasteiger partial charge in [0.25, 0.3) is 0 Å². The number of aliphatic hydroxyl groups excluding tert-OH is 1. The summed E-state index contributed by atoms with van der Waals surface area (Å²) in [5.74, 6) is -0.190. The average molecular weight is 409 g/mol. The second-order valence-corrected chi connectivity index (χ2v) is 6.74. The lowest BCUT2D eigenvalue weighted by molar-refractivity contribution is -0.144. The topological polar surface area (TPSA) is 46.5 Å². The van der Waals surface area contributed by atoms with Gasteiger partial charge in [-0.05, 0) is 52.4 Å². The molecule has 0 radical (unpaired) electrons. The first kappa shape index (κ1) is 32.1. The van der Waals surface area contributed by atoms with Crippen molar-refractivity contribution in [3.8, 4) is 0 Å². The quantitative estimate of drug-likeness (QED) is 0.161. The number of rotatable bonds is 16. The molecule has 0 aromatic heterocycles. The van der Waals surface area contributed by atoms with Gasteiger partial charge < -0.3 is 9.84 Å². The van der Waals surface area contributed by atoms with Gasteiger partial charge in [0.05, 0.1) is 6.61 Å². The Labute approximate surface area is 181 Å². The van der Waals surface area contributed by atoms with Crippen LogP contribution in [0.3, 0.4) is 0 Å². The molecule has 29 heavy (non-hydrogen) atoms. The summed E-state index contributed by atoms with van der Waals surface area (Å²) in [6.07, 6.45) is 26.1. The molecular weight excluding hydrogens is 360 g/mol. The fourth-order valence-corrected chi connectivity index (χ4v) is 2.31. The number of ether oxygens (including phenoxy) is 1. The summed E-state index contributed by atoms with van der Waals surface area (Å²) in [5, 5.41) is 8.53. The van der Waals surface area contributed by atoms with Crippen LogP contribution >= 0.6 is 0 Å². The van der Waals surface area contributed by atoms with Crippen molar-refractivity contribution >= 4 is 5.97 Å². The van der Waals surface area contributed by atoms with Gasteiger partial charge in [-0.3, -0.25) is 4.79 Å². The van der Waals surface area contributed by atoms with Crippen LogP contribution in [-0.4, -0.2) is 24.3 Å². The largest absolute Gasteiger partial charge is 0.463 e. The molecule has 0 unspecified atom stereocenters. The maximum Gasteiger partial charge on any atom is 0.305 e. The number of hydrogen-bond donors (Lipinski definition) is 1. The highest BCUT2D eigenvalue weighted by Crippen LogP contribution is 2.08. The number of esters is 1. The number of allylic oxidation sites excluding steroid dienone is 6. The van der Waals surface area contributed by atoms with E-state index in [-0.39, 0.29) is 19.2 Å². The molecule has 1 N–H and O–H groups in total. The van der Waals surface area contributed by atoms with Crippen LogP contribution in [0.5, 0.6) is 0 Å². The smallest absolute Gasteiger partial charge is 0.305 e. The first-order valence-electron chi connectivity index (χ1n) is 11.3. The Balaban J connectivity index is -0.000000993. The zero-order valence-electron chi connectivity index (χ0n) is 19.5. The molecule has 0 fully saturated rings. The third-order valence-corrected chi connectivity index (χ3v) is 3.69. The van der Waals surface area contributed by atoms with Gasteiger partial charge in [-0.25, -0.2) is 0 Å². The minimum Gasteiger partial charge on any atom is -0.463 e. The van der Waals surface area contributed by atoms with Crippen molar-refractivity contribution in [1.82, 2.24) is 0 Å². The molecule has 0 amide bonds. The highest BCUT2D eigenvalue weighted by Gasteiger charge is 2.01. The van der Waals surface area contributed by atoms with Crippen LogP contribution in [0.2, 0.25) is 0 Å². The number of carbonyl (C=O) groups excluding carboxylic acids is 1. The van der Waals surface area contributed by atoms with Gasteiger partial charge in [-0.2, -0.15) is 0 Å². The van der Waals surface area contributed by atoms with Crippen molar-refractivity contribution in [3.05, 3.63) is 49.6 Å². The lowest BCUT2D eigenvalue weighted by Gasteiger charge is -2.02. The maximum absolute atomic E-state index is 11.2. The van der Waals surface area contributed by atoms with E-state index in [0.717, 1.165) is 25.7 Å². The van der Waals surface area contributed by atoms with Crippen LogP contribution < -0.4 is 0 Å². The van der Waals surface area contributed by atoms with E-state index in [1.165, 1.54) is 44.9 Å². The van der Waals surface area contributed by atoms with Crippen LogP contribution in [0.1, 0.15) is 97.8 Å². The molecule has 0 spiro atoms. The van der Waals surface area contributed by atoms with E-state index < -0.39 is 0 Å². The van der Waals surface area contributed by atoms with Crippen LogP contribution in [0.15, 0.2) is 49.6 Å². The molecule has 0 aromatic carbocycles. The lowest BCUT2D eigenvalue weighted by atomic mass is 10.1. The van der Waals surface area contributed by atoms with E-state index in [2.05, 4.69) is 44.4 Å². The number of hydrogen-bond acceptors (Lipinski definition) is 3. The van der Waals surface area contributed by atoms with Crippen molar-refractivity contribution in [3.63, 3.8) is 0 Å². The van der Waals surface area contributed by atoms with Gasteiger partial charge in [0, 0.05) is 6.42 Å². The molecule has 0 rings (SSSR count). The SMILES string of the molecule is C=CC.C=CC.CCCCC/C=C\C/C=C\CCCCCCCC(=O)OCCO. The molecule has 0 aromatic rings. The summed E-state index contributed by atoms with van der Waals surface area (Å²) < 4.78 is 4.81. The Hall–Kier alpha value is -1.61. The molecular formula is C26H48O3. The summed E-state index contributed by atoms with van der Waals surface area (Å²) in [7, 11) is 0. The molecule has 0 aliphatic heterocycles. The standard InChI is InChI=1S/C20H36O3.2C3H6/c1-2-3-4-5-6-7-8-9-10-11-12-13-14-15-16-17-20(22)23-19-18-21;2*1-3-2/h6-7,9-10,21H,2-5,8,11-19H2,1H3;2*3H,1H2,2H3/b7-6-,10-9-;;. The predicted octanol–water partition coefficient (Wildman–Crippen LogP) is 7.72. The number of unbranched alkanes of at least 4 members (excludes halogenated alkanes) is 8. The van der Waals surface area contributed by atoms with Gasteiger partial charge in [0.2, 0.25) is 0 Å². The van der Waals surface area contributed by atoms with Crippen molar-refractivity contribution in [1.29, 1.82) is 0 Å². The molecule has 0 bridgehead atoms. The van der Waals surface area contributed by atoms with Gasteiger partial charge in [0.15, 0.2) is 0 Å². The molecule has 170 valence electrons. The summed E-state index contributed by atoms with van der Waals surface area (Å²) in [4.78, 5) is 11.2. The third kappa shape index (κ3) is 41.8. The highest BCUT2D eigenvalue weighted by atomic mass is 16.5. The van der Waals surface area contributed by atoms with Crippen molar-refractivity contribution < 1.29 is 14.6 Å². The van der Waals surface area contributed by atoms with Crippen LogP contribution in [0.4, 0.5) is 0 Å². The number of aliphatic hydroxyl groups is 1. The van der Waals surface area contributed by atoms with E-state index in [9.17, 15) is 4.79 Å². The second kappa shape index (κ2) is 33.9. The molecule has 0 saturated heterocycles. The Bertz CT molecular complexity index is 377. The van der Waals surface area contributed by atoms with Crippen LogP contribution in [0, 0.1) is 0 Å². The monoisotopic (exact) mass is 408 g/mol. The van der Waals surface area contributed by atoms with E-state index in [1.807, 2.05) is 13.8 Å². The van der Waals surface area contributed by atoms with E-state index in [0.29, 0.717) is 6.42 Å². The molecule has 0 atom stereocenters. The molecule has 3 nitrogen and oxygen atoms in total. The zero-order chi connectivity index (χ0) is 22.4. The first-order chi connectivity index (χ1) is 14.1. The van der Waals surface area contributed by atoms with Gasteiger partial charge >= 0.3 is 5.97 Å². The minimum absolute atomic E-state index is 0.0894. The normalized spacial score (nSPS) is 10.1. The summed E-state index contributed by atoms with van der Waals surface area (Å²) in [5.41, 5.74) is 0. The Morgan fingerprint density at radius 1 is 0.828 bits per heavy atom. The predicted molar refractivity (Wildman–Crippen MR) is 129 cm³/mol. The number of carbonyl (C=O) groups is 1. The van der Waals surface area contributed by atoms with Crippen molar-refractivity contribution in [2.24, 2.45) is 0 Å². The molecule has 0 aliphatic carbocycles. The zero-order valence-corrected chi connectivity index (χ0v) is 19.5. The molecule has 0 saturated carbocycles. The second-order valence-electron chi connectivity index (χ2n) is 6.74. The van der Waals surface area contributed by atoms with E-state index >= 15 is 0 Å². The Morgan fingerprint density at radius 3 is 1.83 bits per heavy atom. The fraction of sp³-hybridized carbons (Fsp3) is 0.654. The Kier molecular flexibility index (Phi) is 37.5. The van der Waals surface area contributed by atoms with Gasteiger partial charge in [-0.1, -0.05) is 75.5 Å². The van der Waals surface area contributed by atoms with E-state index in [4.69, 9.17) is 9.84 Å². The third-order valence-electron chi connectivity index (χ3n) is 3.69. The maximum atomic E-state index is 11.2. The average Bonchev–Trinajstić information content (AvgIpc) is 2.70. The molecule has 3 heteroatoms. The van der Waals surface area contributed by atoms with Crippen molar-refractivity contribution in [2.45, 2.75) is 97.8 Å². The Morgan fingerprint density at radius 2 is 1.31 bits per heavy atom. The first-order valence-corrected chi connectivity index (χ1v) is 11.3. The fourth-order valence-electron chi connectivity index (χ4n) is 2.31. The highest BCUT2D eigenvalue weighted by molar-refractivity contribution is 5.69. The van der Waals surface area contributed by atoms with Crippen molar-refractivity contribution in [2.75, 3.05) is 13.2 Å². The van der Waals surface area contributed by atoms with Crippen LogP contribution in [0.25, 0.3) is 0 Å². The molecule has 0 heterocycles. The summed E-state index contributed by atoms with van der Waals surface area (Å²) in [6.45, 7) is 12.8. The van der Waals surface area contributed by atoms with Gasteiger partial charge in [0.1, 0.15) is 6.61 Å². The minimum atomic E-state index is -0.190.